The van der Waals surface area contributed by atoms with Crippen molar-refractivity contribution in [3.8, 4) is 11.5 Å². The van der Waals surface area contributed by atoms with E-state index in [0.717, 1.165) is 38.2 Å². The minimum Gasteiger partial charge on any atom is -0.485 e. The van der Waals surface area contributed by atoms with E-state index >= 15 is 0 Å². The Bertz CT molecular complexity index is 674. The first-order chi connectivity index (χ1) is 12.3. The molecule has 0 bridgehead atoms. The van der Waals surface area contributed by atoms with Gasteiger partial charge in [-0.3, -0.25) is 4.79 Å². The lowest BCUT2D eigenvalue weighted by Gasteiger charge is -2.20. The Kier molecular flexibility index (Phi) is 8.25. The van der Waals surface area contributed by atoms with Crippen molar-refractivity contribution in [2.24, 2.45) is 0 Å². The van der Waals surface area contributed by atoms with Crippen molar-refractivity contribution in [3.05, 3.63) is 60.2 Å². The van der Waals surface area contributed by atoms with E-state index < -0.39 is 0 Å². The molecule has 3 rings (SSSR count). The second-order valence-corrected chi connectivity index (χ2v) is 5.99. The number of hydrogen-bond acceptors (Lipinski definition) is 4. The van der Waals surface area contributed by atoms with Gasteiger partial charge in [-0.1, -0.05) is 42.5 Å². The van der Waals surface area contributed by atoms with E-state index in [9.17, 15) is 4.79 Å². The van der Waals surface area contributed by atoms with Gasteiger partial charge in [0.25, 0.3) is 5.91 Å². The molecule has 0 spiro atoms. The molecule has 1 fully saturated rings. The molecule has 2 aromatic rings. The number of para-hydroxylation sites is 2. The molecule has 0 aliphatic carbocycles. The molecule has 0 saturated carbocycles. The molecule has 2 aromatic carbocycles. The minimum atomic E-state index is 0. The van der Waals surface area contributed by atoms with E-state index in [0.29, 0.717) is 18.1 Å². The molecule has 1 aliphatic heterocycles. The van der Waals surface area contributed by atoms with Gasteiger partial charge in [0.15, 0.2) is 18.1 Å². The number of nitrogens with zero attached hydrogens (tertiary/aromatic N) is 1. The molecule has 6 heteroatoms. The van der Waals surface area contributed by atoms with E-state index in [-0.39, 0.29) is 24.9 Å². The average Bonchev–Trinajstić information content (AvgIpc) is 2.95. The van der Waals surface area contributed by atoms with Crippen molar-refractivity contribution < 1.29 is 14.3 Å². The Morgan fingerprint density at radius 2 is 1.62 bits per heavy atom. The normalized spacial score (nSPS) is 14.1. The van der Waals surface area contributed by atoms with Gasteiger partial charge in [-0.05, 0) is 30.7 Å². The molecule has 1 N–H and O–H groups in total. The standard InChI is InChI=1S/C20H24N2O3.ClH/c23-20(22-13-6-11-21-12-14-22)16-25-19-10-5-4-9-18(19)24-15-17-7-2-1-3-8-17;/h1-5,7-10,21H,6,11-16H2;1H. The molecule has 0 atom stereocenters. The molecular formula is C20H25ClN2O3. The minimum absolute atomic E-state index is 0. The second-order valence-electron chi connectivity index (χ2n) is 5.99. The molecular weight excluding hydrogens is 352 g/mol. The summed E-state index contributed by atoms with van der Waals surface area (Å²) in [7, 11) is 0. The number of amides is 1. The SMILES string of the molecule is Cl.O=C(COc1ccccc1OCc1ccccc1)N1CCCNCC1. The van der Waals surface area contributed by atoms with Crippen LogP contribution in [0.3, 0.4) is 0 Å². The molecule has 0 aromatic heterocycles. The number of ether oxygens (including phenoxy) is 2. The van der Waals surface area contributed by atoms with Crippen LogP contribution in [0.25, 0.3) is 0 Å². The van der Waals surface area contributed by atoms with Crippen LogP contribution < -0.4 is 14.8 Å². The van der Waals surface area contributed by atoms with Crippen LogP contribution in [0.1, 0.15) is 12.0 Å². The third-order valence-corrected chi connectivity index (χ3v) is 4.13. The van der Waals surface area contributed by atoms with Crippen molar-refractivity contribution >= 4 is 18.3 Å². The van der Waals surface area contributed by atoms with Crippen LogP contribution in [-0.4, -0.2) is 43.6 Å². The summed E-state index contributed by atoms with van der Waals surface area (Å²) in [6.07, 6.45) is 0.975. The van der Waals surface area contributed by atoms with E-state index in [1.807, 2.05) is 59.5 Å². The Hall–Kier alpha value is -2.24. The predicted octanol–water partition coefficient (Wildman–Crippen LogP) is 2.89. The van der Waals surface area contributed by atoms with Gasteiger partial charge in [-0.25, -0.2) is 0 Å². The van der Waals surface area contributed by atoms with Crippen molar-refractivity contribution in [1.29, 1.82) is 0 Å². The van der Waals surface area contributed by atoms with Crippen molar-refractivity contribution in [1.82, 2.24) is 10.2 Å². The van der Waals surface area contributed by atoms with Crippen LogP contribution >= 0.6 is 12.4 Å². The lowest BCUT2D eigenvalue weighted by atomic mass is 10.2. The van der Waals surface area contributed by atoms with E-state index in [4.69, 9.17) is 9.47 Å². The fourth-order valence-corrected chi connectivity index (χ4v) is 2.75. The number of nitrogens with one attached hydrogen (secondary N) is 1. The summed E-state index contributed by atoms with van der Waals surface area (Å²) < 4.78 is 11.6. The number of rotatable bonds is 6. The molecule has 1 amide bonds. The Balaban J connectivity index is 0.00000243. The summed E-state index contributed by atoms with van der Waals surface area (Å²) >= 11 is 0. The maximum atomic E-state index is 12.3. The summed E-state index contributed by atoms with van der Waals surface area (Å²) in [6, 6.07) is 17.4. The smallest absolute Gasteiger partial charge is 0.260 e. The lowest BCUT2D eigenvalue weighted by Crippen LogP contribution is -2.37. The highest BCUT2D eigenvalue weighted by atomic mass is 35.5. The zero-order valence-electron chi connectivity index (χ0n) is 14.7. The molecule has 1 saturated heterocycles. The molecule has 5 nitrogen and oxygen atoms in total. The van der Waals surface area contributed by atoms with Gasteiger partial charge in [-0.15, -0.1) is 12.4 Å². The number of benzene rings is 2. The van der Waals surface area contributed by atoms with Gasteiger partial charge in [0.05, 0.1) is 0 Å². The number of carbonyl (C=O) groups excluding carboxylic acids is 1. The average molecular weight is 377 g/mol. The number of halogens is 1. The molecule has 1 heterocycles. The van der Waals surface area contributed by atoms with E-state index in [2.05, 4.69) is 5.32 Å². The quantitative estimate of drug-likeness (QED) is 0.842. The lowest BCUT2D eigenvalue weighted by molar-refractivity contribution is -0.133. The Labute approximate surface area is 160 Å². The van der Waals surface area contributed by atoms with E-state index in [1.165, 1.54) is 0 Å². The maximum Gasteiger partial charge on any atom is 0.260 e. The van der Waals surface area contributed by atoms with Crippen LogP contribution in [0, 0.1) is 0 Å². The largest absolute Gasteiger partial charge is 0.485 e. The number of carbonyl (C=O) groups is 1. The fourth-order valence-electron chi connectivity index (χ4n) is 2.75. The summed E-state index contributed by atoms with van der Waals surface area (Å²) in [5, 5.41) is 3.29. The highest BCUT2D eigenvalue weighted by Crippen LogP contribution is 2.27. The van der Waals surface area contributed by atoms with Gasteiger partial charge in [0.2, 0.25) is 0 Å². The van der Waals surface area contributed by atoms with Crippen LogP contribution in [0.5, 0.6) is 11.5 Å². The Morgan fingerprint density at radius 1 is 0.923 bits per heavy atom. The highest BCUT2D eigenvalue weighted by molar-refractivity contribution is 5.85. The summed E-state index contributed by atoms with van der Waals surface area (Å²) in [4.78, 5) is 14.2. The third-order valence-electron chi connectivity index (χ3n) is 4.13. The van der Waals surface area contributed by atoms with Gasteiger partial charge in [-0.2, -0.15) is 0 Å². The fraction of sp³-hybridized carbons (Fsp3) is 0.350. The molecule has 1 aliphatic rings. The van der Waals surface area contributed by atoms with Crippen LogP contribution in [0.2, 0.25) is 0 Å². The number of hydrogen-bond donors (Lipinski definition) is 1. The first kappa shape index (κ1) is 20.1. The van der Waals surface area contributed by atoms with Crippen molar-refractivity contribution in [2.45, 2.75) is 13.0 Å². The predicted molar refractivity (Wildman–Crippen MR) is 104 cm³/mol. The molecule has 0 radical (unpaired) electrons. The molecule has 0 unspecified atom stereocenters. The van der Waals surface area contributed by atoms with Crippen molar-refractivity contribution in [2.75, 3.05) is 32.8 Å². The first-order valence-corrected chi connectivity index (χ1v) is 8.70. The van der Waals surface area contributed by atoms with Gasteiger partial charge < -0.3 is 19.7 Å². The van der Waals surface area contributed by atoms with Crippen LogP contribution in [0.15, 0.2) is 54.6 Å². The van der Waals surface area contributed by atoms with Crippen LogP contribution in [0.4, 0.5) is 0 Å². The third kappa shape index (κ3) is 5.93. The Morgan fingerprint density at radius 3 is 2.38 bits per heavy atom. The summed E-state index contributed by atoms with van der Waals surface area (Å²) in [6.45, 7) is 3.80. The monoisotopic (exact) mass is 376 g/mol. The summed E-state index contributed by atoms with van der Waals surface area (Å²) in [5.74, 6) is 1.26. The molecule has 140 valence electrons. The zero-order chi connectivity index (χ0) is 17.3. The van der Waals surface area contributed by atoms with Crippen LogP contribution in [-0.2, 0) is 11.4 Å². The first-order valence-electron chi connectivity index (χ1n) is 8.70. The van der Waals surface area contributed by atoms with E-state index in [1.54, 1.807) is 0 Å². The van der Waals surface area contributed by atoms with Gasteiger partial charge >= 0.3 is 0 Å². The van der Waals surface area contributed by atoms with Gasteiger partial charge in [0, 0.05) is 19.6 Å². The van der Waals surface area contributed by atoms with Crippen molar-refractivity contribution in [3.63, 3.8) is 0 Å². The van der Waals surface area contributed by atoms with Gasteiger partial charge in [0.1, 0.15) is 6.61 Å². The molecule has 26 heavy (non-hydrogen) atoms. The summed E-state index contributed by atoms with van der Waals surface area (Å²) in [5.41, 5.74) is 1.09. The topological polar surface area (TPSA) is 50.8 Å². The maximum absolute atomic E-state index is 12.3. The highest BCUT2D eigenvalue weighted by Gasteiger charge is 2.16. The zero-order valence-corrected chi connectivity index (χ0v) is 15.5. The second kappa shape index (κ2) is 10.7.